The third-order valence-electron chi connectivity index (χ3n) is 0.186. The number of rotatable bonds is 2. The molecule has 0 radical (unpaired) electrons. The second-order valence-electron chi connectivity index (χ2n) is 0.573. The summed E-state index contributed by atoms with van der Waals surface area (Å²) in [5.41, 5.74) is 0. The molecule has 0 saturated heterocycles. The zero-order valence-electron chi connectivity index (χ0n) is 3.10. The molecule has 0 heterocycles. The molecule has 0 spiro atoms. The summed E-state index contributed by atoms with van der Waals surface area (Å²) in [5.74, 6) is 0. The smallest absolute Gasteiger partial charge is 0.226 e. The van der Waals surface area contributed by atoms with Gasteiger partial charge in [-0.15, -0.1) is 0 Å². The van der Waals surface area contributed by atoms with Crippen LogP contribution in [0.15, 0.2) is 0 Å². The third kappa shape index (κ3) is 4.70. The molecule has 0 rings (SSSR count). The van der Waals surface area contributed by atoms with E-state index in [-0.39, 0.29) is 8.91 Å². The summed E-state index contributed by atoms with van der Waals surface area (Å²) in [7, 11) is 0.548. The van der Waals surface area contributed by atoms with Crippen LogP contribution in [0, 0.1) is 0 Å². The van der Waals surface area contributed by atoms with Crippen LogP contribution in [0.2, 0.25) is 0 Å². The van der Waals surface area contributed by atoms with Crippen molar-refractivity contribution in [1.29, 1.82) is 0 Å². The number of hydrogen-bond acceptors (Lipinski definition) is 3. The van der Waals surface area contributed by atoms with E-state index in [0.717, 1.165) is 10.5 Å². The van der Waals surface area contributed by atoms with Crippen LogP contribution >= 0.6 is 11.4 Å². The Balaban J connectivity index is 2.19. The summed E-state index contributed by atoms with van der Waals surface area (Å²) in [6, 6.07) is 0. The van der Waals surface area contributed by atoms with E-state index in [1.807, 2.05) is 0 Å². The predicted octanol–water partition coefficient (Wildman–Crippen LogP) is -2.11. The Bertz CT molecular complexity index is 17.1. The zero-order chi connectivity index (χ0) is 4.12. The Morgan fingerprint density at radius 2 is 2.60 bits per heavy atom. The van der Waals surface area contributed by atoms with Gasteiger partial charge in [-0.05, 0) is 0 Å². The number of nitrogens with two attached hydrogens (primary N) is 1. The van der Waals surface area contributed by atoms with Crippen LogP contribution in [0.3, 0.4) is 0 Å². The summed E-state index contributed by atoms with van der Waals surface area (Å²) in [4.78, 5) is 0. The van der Waals surface area contributed by atoms with Crippen LogP contribution in [0.25, 0.3) is 0 Å². The maximum absolute atomic E-state index is 5.01. The minimum atomic E-state index is -0.312. The fourth-order valence-corrected chi connectivity index (χ4v) is 1.84. The maximum Gasteiger partial charge on any atom is 0.226 e. The van der Waals surface area contributed by atoms with Crippen molar-refractivity contribution in [2.45, 2.75) is 0 Å². The molecular weight excluding hydrogens is 118 g/mol. The summed E-state index contributed by atoms with van der Waals surface area (Å²) in [6.45, 7) is 0. The molecule has 0 amide bonds. The van der Waals surface area contributed by atoms with E-state index in [1.54, 1.807) is 0 Å². The molecule has 32 valence electrons. The lowest BCUT2D eigenvalue weighted by atomic mass is 14.0. The van der Waals surface area contributed by atoms with Gasteiger partial charge in [0.15, 0.2) is 0 Å². The van der Waals surface area contributed by atoms with Gasteiger partial charge in [0.2, 0.25) is 8.91 Å². The van der Waals surface area contributed by atoms with Gasteiger partial charge >= 0.3 is 0 Å². The SMILES string of the molecule is NS[SiH2]O[SiH3]. The Hall–Kier alpha value is 0.704. The highest BCUT2D eigenvalue weighted by atomic mass is 32.4. The molecule has 0 aromatic rings. The van der Waals surface area contributed by atoms with E-state index in [1.165, 1.54) is 11.4 Å². The largest absolute Gasteiger partial charge is 0.460 e. The van der Waals surface area contributed by atoms with Crippen molar-refractivity contribution in [3.05, 3.63) is 0 Å². The molecule has 0 atom stereocenters. The van der Waals surface area contributed by atoms with Gasteiger partial charge < -0.3 is 4.12 Å². The molecule has 0 saturated carbocycles. The van der Waals surface area contributed by atoms with Crippen LogP contribution in [0.5, 0.6) is 0 Å². The first kappa shape index (κ1) is 5.70. The van der Waals surface area contributed by atoms with Crippen molar-refractivity contribution in [3.8, 4) is 0 Å². The summed E-state index contributed by atoms with van der Waals surface area (Å²) in [6.07, 6.45) is 0. The number of hydrogen-bond donors (Lipinski definition) is 1. The molecular formula is H7NOSSi2. The van der Waals surface area contributed by atoms with Gasteiger partial charge in [-0.3, -0.25) is 5.14 Å². The molecule has 0 aliphatic heterocycles. The van der Waals surface area contributed by atoms with Gasteiger partial charge in [0.05, 0.1) is 0 Å². The zero-order valence-corrected chi connectivity index (χ0v) is 7.33. The van der Waals surface area contributed by atoms with E-state index in [4.69, 9.17) is 9.25 Å². The van der Waals surface area contributed by atoms with E-state index in [0.29, 0.717) is 0 Å². The highest BCUT2D eigenvalue weighted by molar-refractivity contribution is 8.20. The topological polar surface area (TPSA) is 35.2 Å². The first-order valence-corrected chi connectivity index (χ1v) is 5.40. The monoisotopic (exact) mass is 125 g/mol. The second kappa shape index (κ2) is 4.70. The molecule has 5 heteroatoms. The first-order valence-electron chi connectivity index (χ1n) is 1.22. The van der Waals surface area contributed by atoms with Gasteiger partial charge in [0.1, 0.15) is 10.5 Å². The lowest BCUT2D eigenvalue weighted by Gasteiger charge is -1.83. The van der Waals surface area contributed by atoms with Crippen molar-refractivity contribution in [2.24, 2.45) is 5.14 Å². The quantitative estimate of drug-likeness (QED) is 0.339. The lowest BCUT2D eigenvalue weighted by molar-refractivity contribution is 0.684. The van der Waals surface area contributed by atoms with Crippen molar-refractivity contribution in [1.82, 2.24) is 0 Å². The van der Waals surface area contributed by atoms with Crippen molar-refractivity contribution < 1.29 is 4.12 Å². The van der Waals surface area contributed by atoms with Crippen molar-refractivity contribution >= 4 is 30.8 Å². The first-order chi connectivity index (χ1) is 2.41. The van der Waals surface area contributed by atoms with Gasteiger partial charge in [0, 0.05) is 0 Å². The van der Waals surface area contributed by atoms with Crippen LogP contribution in [0.1, 0.15) is 0 Å². The molecule has 0 bridgehead atoms. The fourth-order valence-electron chi connectivity index (χ4n) is 0.0680. The van der Waals surface area contributed by atoms with Crippen LogP contribution in [0.4, 0.5) is 0 Å². The van der Waals surface area contributed by atoms with Crippen molar-refractivity contribution in [3.63, 3.8) is 0 Å². The normalized spacial score (nSPS) is 11.4. The van der Waals surface area contributed by atoms with Crippen molar-refractivity contribution in [2.75, 3.05) is 0 Å². The molecule has 0 fully saturated rings. The summed E-state index contributed by atoms with van der Waals surface area (Å²) < 4.78 is 4.81. The Morgan fingerprint density at radius 3 is 2.60 bits per heavy atom. The van der Waals surface area contributed by atoms with Gasteiger partial charge in [-0.25, -0.2) is 0 Å². The Labute approximate surface area is 40.7 Å². The molecule has 0 aliphatic rings. The molecule has 5 heavy (non-hydrogen) atoms. The lowest BCUT2D eigenvalue weighted by Crippen LogP contribution is -1.91. The fraction of sp³-hybridized carbons (Fsp3) is 0. The molecule has 2 N–H and O–H groups in total. The van der Waals surface area contributed by atoms with Gasteiger partial charge in [0.25, 0.3) is 0 Å². The highest BCUT2D eigenvalue weighted by Gasteiger charge is 1.69. The molecule has 0 aromatic carbocycles. The average Bonchev–Trinajstić information content (AvgIpc) is 1.41. The molecule has 0 aliphatic carbocycles. The van der Waals surface area contributed by atoms with E-state index < -0.39 is 0 Å². The predicted molar refractivity (Wildman–Crippen MR) is 31.3 cm³/mol. The van der Waals surface area contributed by atoms with Crippen LogP contribution in [-0.4, -0.2) is 19.4 Å². The Morgan fingerprint density at radius 1 is 2.00 bits per heavy atom. The third-order valence-corrected chi connectivity index (χ3v) is 3.79. The maximum atomic E-state index is 5.01. The van der Waals surface area contributed by atoms with E-state index in [2.05, 4.69) is 0 Å². The average molecular weight is 125 g/mol. The Kier molecular flexibility index (Phi) is 5.37. The second-order valence-corrected chi connectivity index (χ2v) is 5.16. The molecule has 0 aromatic heterocycles. The minimum Gasteiger partial charge on any atom is -0.460 e. The standard InChI is InChI=1S/H7NOSSi2/c1-3-5-2-4/h1,5H2,4H3. The summed E-state index contributed by atoms with van der Waals surface area (Å²) >= 11 is 1.35. The van der Waals surface area contributed by atoms with Crippen LogP contribution in [-0.2, 0) is 4.12 Å². The van der Waals surface area contributed by atoms with Gasteiger partial charge in [-0.1, -0.05) is 11.4 Å². The molecule has 0 unspecified atom stereocenters. The highest BCUT2D eigenvalue weighted by Crippen LogP contribution is 1.74. The molecule has 2 nitrogen and oxygen atoms in total. The van der Waals surface area contributed by atoms with E-state index in [9.17, 15) is 0 Å². The van der Waals surface area contributed by atoms with E-state index >= 15 is 0 Å². The minimum absolute atomic E-state index is 0.312. The van der Waals surface area contributed by atoms with Crippen LogP contribution < -0.4 is 5.14 Å². The summed E-state index contributed by atoms with van der Waals surface area (Å²) in [5, 5.41) is 5.01. The van der Waals surface area contributed by atoms with Gasteiger partial charge in [-0.2, -0.15) is 0 Å².